The average molecular weight is 338 g/mol. The van der Waals surface area contributed by atoms with E-state index in [9.17, 15) is 14.4 Å². The van der Waals surface area contributed by atoms with Crippen molar-refractivity contribution in [2.75, 3.05) is 10.6 Å². The molecule has 0 aliphatic carbocycles. The standard InChI is InChI=1S/C20H22N2O3/c1-13(23)14-6-5-7-17(12-14)22-19(25)18(24)21-16-10-8-15(9-11-16)20(2,3)4/h5-12H,1-4H3,(H,21,24)(H,22,25). The molecule has 130 valence electrons. The van der Waals surface area contributed by atoms with Crippen LogP contribution in [0, 0.1) is 0 Å². The summed E-state index contributed by atoms with van der Waals surface area (Å²) in [6.45, 7) is 7.74. The predicted molar refractivity (Wildman–Crippen MR) is 98.8 cm³/mol. The summed E-state index contributed by atoms with van der Waals surface area (Å²) in [5.41, 5.74) is 2.57. The van der Waals surface area contributed by atoms with Gasteiger partial charge in [-0.3, -0.25) is 14.4 Å². The van der Waals surface area contributed by atoms with Gasteiger partial charge in [0.15, 0.2) is 5.78 Å². The number of amides is 2. The number of nitrogens with one attached hydrogen (secondary N) is 2. The first kappa shape index (κ1) is 18.4. The third-order valence-electron chi connectivity index (χ3n) is 3.74. The van der Waals surface area contributed by atoms with Gasteiger partial charge in [0, 0.05) is 16.9 Å². The number of benzene rings is 2. The second kappa shape index (κ2) is 7.30. The van der Waals surface area contributed by atoms with Gasteiger partial charge in [-0.05, 0) is 42.2 Å². The third kappa shape index (κ3) is 5.01. The van der Waals surface area contributed by atoms with Crippen molar-refractivity contribution in [3.05, 3.63) is 59.7 Å². The molecule has 0 unspecified atom stereocenters. The summed E-state index contributed by atoms with van der Waals surface area (Å²) in [6.07, 6.45) is 0. The number of ketones is 1. The molecule has 25 heavy (non-hydrogen) atoms. The molecule has 0 heterocycles. The van der Waals surface area contributed by atoms with Crippen molar-refractivity contribution < 1.29 is 14.4 Å². The molecule has 2 amide bonds. The minimum atomic E-state index is -0.791. The molecule has 2 N–H and O–H groups in total. The predicted octanol–water partition coefficient (Wildman–Crippen LogP) is 3.76. The quantitative estimate of drug-likeness (QED) is 0.661. The van der Waals surface area contributed by atoms with Crippen LogP contribution in [-0.2, 0) is 15.0 Å². The van der Waals surface area contributed by atoms with Crippen molar-refractivity contribution >= 4 is 29.0 Å². The maximum Gasteiger partial charge on any atom is 0.314 e. The lowest BCUT2D eigenvalue weighted by atomic mass is 9.87. The molecule has 0 aliphatic heterocycles. The third-order valence-corrected chi connectivity index (χ3v) is 3.74. The zero-order valence-electron chi connectivity index (χ0n) is 14.8. The molecule has 5 nitrogen and oxygen atoms in total. The Bertz CT molecular complexity index is 802. The first-order chi connectivity index (χ1) is 11.7. The van der Waals surface area contributed by atoms with Crippen molar-refractivity contribution in [2.45, 2.75) is 33.1 Å². The van der Waals surface area contributed by atoms with E-state index in [1.807, 2.05) is 12.1 Å². The van der Waals surface area contributed by atoms with E-state index in [1.165, 1.54) is 13.0 Å². The van der Waals surface area contributed by atoms with Gasteiger partial charge in [0.05, 0.1) is 0 Å². The molecule has 0 saturated carbocycles. The highest BCUT2D eigenvalue weighted by Gasteiger charge is 2.16. The van der Waals surface area contributed by atoms with Crippen LogP contribution in [-0.4, -0.2) is 17.6 Å². The van der Waals surface area contributed by atoms with E-state index in [1.54, 1.807) is 30.3 Å². The molecule has 0 saturated heterocycles. The van der Waals surface area contributed by atoms with Crippen molar-refractivity contribution in [3.63, 3.8) is 0 Å². The highest BCUT2D eigenvalue weighted by atomic mass is 16.2. The van der Waals surface area contributed by atoms with Crippen molar-refractivity contribution in [2.24, 2.45) is 0 Å². The number of hydrogen-bond acceptors (Lipinski definition) is 3. The molecule has 0 fully saturated rings. The average Bonchev–Trinajstić information content (AvgIpc) is 2.54. The Labute approximate surface area is 147 Å². The van der Waals surface area contributed by atoms with Crippen LogP contribution in [0.25, 0.3) is 0 Å². The lowest BCUT2D eigenvalue weighted by molar-refractivity contribution is -0.132. The molecule has 5 heteroatoms. The Hall–Kier alpha value is -2.95. The molecular formula is C20H22N2O3. The fraction of sp³-hybridized carbons (Fsp3) is 0.250. The summed E-state index contributed by atoms with van der Waals surface area (Å²) in [4.78, 5) is 35.4. The Balaban J connectivity index is 2.02. The van der Waals surface area contributed by atoms with E-state index in [0.29, 0.717) is 16.9 Å². The molecule has 0 radical (unpaired) electrons. The topological polar surface area (TPSA) is 75.3 Å². The zero-order valence-corrected chi connectivity index (χ0v) is 14.8. The van der Waals surface area contributed by atoms with Crippen LogP contribution in [0.5, 0.6) is 0 Å². The largest absolute Gasteiger partial charge is 0.318 e. The highest BCUT2D eigenvalue weighted by Crippen LogP contribution is 2.23. The van der Waals surface area contributed by atoms with Crippen LogP contribution < -0.4 is 10.6 Å². The maximum absolute atomic E-state index is 12.0. The van der Waals surface area contributed by atoms with Gasteiger partial charge in [-0.15, -0.1) is 0 Å². The van der Waals surface area contributed by atoms with E-state index in [4.69, 9.17) is 0 Å². The number of carbonyl (C=O) groups excluding carboxylic acids is 3. The van der Waals surface area contributed by atoms with Gasteiger partial charge >= 0.3 is 11.8 Å². The van der Waals surface area contributed by atoms with Crippen LogP contribution >= 0.6 is 0 Å². The van der Waals surface area contributed by atoms with Crippen LogP contribution in [0.4, 0.5) is 11.4 Å². The lowest BCUT2D eigenvalue weighted by Crippen LogP contribution is -2.29. The summed E-state index contributed by atoms with van der Waals surface area (Å²) in [6, 6.07) is 13.8. The Morgan fingerprint density at radius 1 is 0.800 bits per heavy atom. The summed E-state index contributed by atoms with van der Waals surface area (Å²) >= 11 is 0. The number of Topliss-reactive ketones (excluding diaryl/α,β-unsaturated/α-hetero) is 1. The molecule has 0 spiro atoms. The van der Waals surface area contributed by atoms with E-state index in [-0.39, 0.29) is 11.2 Å². The van der Waals surface area contributed by atoms with Gasteiger partial charge in [-0.25, -0.2) is 0 Å². The van der Waals surface area contributed by atoms with Gasteiger partial charge in [-0.2, -0.15) is 0 Å². The zero-order chi connectivity index (χ0) is 18.6. The molecule has 0 atom stereocenters. The lowest BCUT2D eigenvalue weighted by Gasteiger charge is -2.19. The molecule has 2 rings (SSSR count). The van der Waals surface area contributed by atoms with Gasteiger partial charge in [0.1, 0.15) is 0 Å². The van der Waals surface area contributed by atoms with E-state index in [2.05, 4.69) is 31.4 Å². The minimum absolute atomic E-state index is 0.0155. The summed E-state index contributed by atoms with van der Waals surface area (Å²) in [5, 5.41) is 5.05. The van der Waals surface area contributed by atoms with Gasteiger partial charge in [0.25, 0.3) is 0 Å². The number of rotatable bonds is 3. The fourth-order valence-electron chi connectivity index (χ4n) is 2.25. The molecule has 0 bridgehead atoms. The molecule has 2 aromatic carbocycles. The summed E-state index contributed by atoms with van der Waals surface area (Å²) in [7, 11) is 0. The Morgan fingerprint density at radius 3 is 1.88 bits per heavy atom. The second-order valence-electron chi connectivity index (χ2n) is 6.87. The minimum Gasteiger partial charge on any atom is -0.318 e. The van der Waals surface area contributed by atoms with Gasteiger partial charge < -0.3 is 10.6 Å². The molecule has 2 aromatic rings. The molecule has 0 aromatic heterocycles. The summed E-state index contributed by atoms with van der Waals surface area (Å²) < 4.78 is 0. The first-order valence-electron chi connectivity index (χ1n) is 8.01. The monoisotopic (exact) mass is 338 g/mol. The van der Waals surface area contributed by atoms with Crippen molar-refractivity contribution in [1.82, 2.24) is 0 Å². The smallest absolute Gasteiger partial charge is 0.314 e. The van der Waals surface area contributed by atoms with E-state index < -0.39 is 11.8 Å². The van der Waals surface area contributed by atoms with Crippen LogP contribution in [0.15, 0.2) is 48.5 Å². The fourth-order valence-corrected chi connectivity index (χ4v) is 2.25. The SMILES string of the molecule is CC(=O)c1cccc(NC(=O)C(=O)Nc2ccc(C(C)(C)C)cc2)c1. The maximum atomic E-state index is 12.0. The van der Waals surface area contributed by atoms with E-state index in [0.717, 1.165) is 5.56 Å². The molecular weight excluding hydrogens is 316 g/mol. The first-order valence-corrected chi connectivity index (χ1v) is 8.01. The second-order valence-corrected chi connectivity index (χ2v) is 6.87. The number of carbonyl (C=O) groups is 3. The molecule has 0 aliphatic rings. The van der Waals surface area contributed by atoms with Gasteiger partial charge in [-0.1, -0.05) is 45.0 Å². The Morgan fingerprint density at radius 2 is 1.36 bits per heavy atom. The number of hydrogen-bond donors (Lipinski definition) is 2. The van der Waals surface area contributed by atoms with Crippen LogP contribution in [0.1, 0.15) is 43.6 Å². The van der Waals surface area contributed by atoms with E-state index >= 15 is 0 Å². The highest BCUT2D eigenvalue weighted by molar-refractivity contribution is 6.43. The normalized spacial score (nSPS) is 10.9. The van der Waals surface area contributed by atoms with Crippen molar-refractivity contribution in [1.29, 1.82) is 0 Å². The van der Waals surface area contributed by atoms with Crippen molar-refractivity contribution in [3.8, 4) is 0 Å². The number of anilines is 2. The van der Waals surface area contributed by atoms with Gasteiger partial charge in [0.2, 0.25) is 0 Å². The van der Waals surface area contributed by atoms with Crippen LogP contribution in [0.3, 0.4) is 0 Å². The Kier molecular flexibility index (Phi) is 5.37. The van der Waals surface area contributed by atoms with Crippen LogP contribution in [0.2, 0.25) is 0 Å². The summed E-state index contributed by atoms with van der Waals surface area (Å²) in [5.74, 6) is -1.67.